The molecule has 0 aliphatic carbocycles. The van der Waals surface area contributed by atoms with Crippen molar-refractivity contribution in [1.82, 2.24) is 0 Å². The Hall–Kier alpha value is -1.60. The normalized spacial score (nSPS) is 20.2. The van der Waals surface area contributed by atoms with Gasteiger partial charge in [-0.3, -0.25) is 4.79 Å². The van der Waals surface area contributed by atoms with Crippen molar-refractivity contribution in [1.29, 1.82) is 0 Å². The molecule has 0 aromatic heterocycles. The van der Waals surface area contributed by atoms with Crippen molar-refractivity contribution in [2.45, 2.75) is 45.1 Å². The van der Waals surface area contributed by atoms with Crippen molar-refractivity contribution in [2.24, 2.45) is 0 Å². The molecular weight excluding hydrogens is 308 g/mol. The fourth-order valence-corrected chi connectivity index (χ4v) is 2.20. The first kappa shape index (κ1) is 17.8. The van der Waals surface area contributed by atoms with Crippen molar-refractivity contribution >= 4 is 19.5 Å². The molecule has 0 unspecified atom stereocenters. The van der Waals surface area contributed by atoms with Gasteiger partial charge in [0.25, 0.3) is 0 Å². The molecule has 0 N–H and O–H groups in total. The summed E-state index contributed by atoms with van der Waals surface area (Å²) in [4.78, 5) is 10.8. The Morgan fingerprint density at radius 2 is 1.65 bits per heavy atom. The number of aldehydes is 1. The van der Waals surface area contributed by atoms with E-state index < -0.39 is 30.1 Å². The second-order valence-corrected chi connectivity index (χ2v) is 6.45. The number of hydrogen-bond donors (Lipinski definition) is 0. The quantitative estimate of drug-likeness (QED) is 0.618. The van der Waals surface area contributed by atoms with Crippen LogP contribution in [-0.2, 0) is 15.5 Å². The average Bonchev–Trinajstić information content (AvgIpc) is 2.63. The number of alkyl halides is 3. The third-order valence-corrected chi connectivity index (χ3v) is 4.22. The number of carbonyl (C=O) groups is 1. The van der Waals surface area contributed by atoms with Gasteiger partial charge in [-0.25, -0.2) is 0 Å². The average molecular weight is 326 g/mol. The molecule has 1 heterocycles. The summed E-state index contributed by atoms with van der Waals surface area (Å²) in [7, 11) is -0.749. The molecule has 1 saturated heterocycles. The van der Waals surface area contributed by atoms with E-state index in [0.717, 1.165) is 12.1 Å². The fourth-order valence-electron chi connectivity index (χ4n) is 2.20. The van der Waals surface area contributed by atoms with Gasteiger partial charge < -0.3 is 9.31 Å². The van der Waals surface area contributed by atoms with Gasteiger partial charge in [0.2, 0.25) is 0 Å². The summed E-state index contributed by atoms with van der Waals surface area (Å²) >= 11 is 0. The van der Waals surface area contributed by atoms with Gasteiger partial charge in [-0.2, -0.15) is 13.2 Å². The van der Waals surface area contributed by atoms with Crippen molar-refractivity contribution in [3.8, 4) is 0 Å². The third kappa shape index (κ3) is 3.67. The lowest BCUT2D eigenvalue weighted by molar-refractivity contribution is -0.137. The Morgan fingerprint density at radius 3 is 2.13 bits per heavy atom. The lowest BCUT2D eigenvalue weighted by atomic mass is 9.88. The summed E-state index contributed by atoms with van der Waals surface area (Å²) < 4.78 is 50.6. The van der Waals surface area contributed by atoms with Crippen molar-refractivity contribution < 1.29 is 27.3 Å². The second-order valence-electron chi connectivity index (χ2n) is 6.45. The first-order valence-electron chi connectivity index (χ1n) is 7.16. The molecule has 0 bridgehead atoms. The molecule has 1 fully saturated rings. The maximum Gasteiger partial charge on any atom is 0.487 e. The standard InChI is InChI=1S/C16H18BF3O3/c1-14(2)15(3,4)23-17(22-14)8-7-12-9-11(10-21)5-6-13(12)16(18,19)20/h5-10H,1-4H3/b8-7+. The van der Waals surface area contributed by atoms with E-state index in [9.17, 15) is 18.0 Å². The number of halogens is 3. The molecule has 1 aromatic rings. The highest BCUT2D eigenvalue weighted by Gasteiger charge is 2.50. The summed E-state index contributed by atoms with van der Waals surface area (Å²) in [6.45, 7) is 7.42. The first-order chi connectivity index (χ1) is 10.5. The Morgan fingerprint density at radius 1 is 1.09 bits per heavy atom. The van der Waals surface area contributed by atoms with Gasteiger partial charge >= 0.3 is 13.3 Å². The Balaban J connectivity index is 2.31. The highest BCUT2D eigenvalue weighted by atomic mass is 19.4. The van der Waals surface area contributed by atoms with Gasteiger partial charge in [0.1, 0.15) is 6.29 Å². The third-order valence-electron chi connectivity index (χ3n) is 4.22. The van der Waals surface area contributed by atoms with E-state index in [4.69, 9.17) is 9.31 Å². The smallest absolute Gasteiger partial charge is 0.400 e. The molecule has 1 aromatic carbocycles. The summed E-state index contributed by atoms with van der Waals surface area (Å²) in [5.41, 5.74) is -1.88. The van der Waals surface area contributed by atoms with Crippen molar-refractivity contribution in [3.05, 3.63) is 40.9 Å². The van der Waals surface area contributed by atoms with Crippen LogP contribution >= 0.6 is 0 Å². The maximum absolute atomic E-state index is 13.0. The fraction of sp³-hybridized carbons (Fsp3) is 0.438. The molecule has 0 atom stereocenters. The van der Waals surface area contributed by atoms with Crippen LogP contribution in [0.5, 0.6) is 0 Å². The number of benzene rings is 1. The lowest BCUT2D eigenvalue weighted by Gasteiger charge is -2.32. The molecule has 23 heavy (non-hydrogen) atoms. The molecule has 3 nitrogen and oxygen atoms in total. The minimum absolute atomic E-state index is 0.100. The molecule has 0 spiro atoms. The van der Waals surface area contributed by atoms with Crippen LogP contribution in [0.4, 0.5) is 13.2 Å². The van der Waals surface area contributed by atoms with Gasteiger partial charge in [-0.05, 0) is 45.4 Å². The van der Waals surface area contributed by atoms with Crippen molar-refractivity contribution in [3.63, 3.8) is 0 Å². The Bertz CT molecular complexity index is 620. The molecule has 7 heteroatoms. The van der Waals surface area contributed by atoms with E-state index in [1.807, 2.05) is 27.7 Å². The summed E-state index contributed by atoms with van der Waals surface area (Å²) in [5.74, 6) is 1.43. The molecule has 0 radical (unpaired) electrons. The number of hydrogen-bond acceptors (Lipinski definition) is 3. The van der Waals surface area contributed by atoms with E-state index in [1.54, 1.807) is 0 Å². The topological polar surface area (TPSA) is 35.5 Å². The predicted molar refractivity (Wildman–Crippen MR) is 81.9 cm³/mol. The molecule has 124 valence electrons. The summed E-state index contributed by atoms with van der Waals surface area (Å²) in [5, 5.41) is 0. The van der Waals surface area contributed by atoms with Crippen LogP contribution in [-0.4, -0.2) is 24.6 Å². The van der Waals surface area contributed by atoms with E-state index in [0.29, 0.717) is 6.29 Å². The highest BCUT2D eigenvalue weighted by molar-refractivity contribution is 6.52. The zero-order valence-electron chi connectivity index (χ0n) is 13.4. The Kier molecular flexibility index (Phi) is 4.48. The van der Waals surface area contributed by atoms with E-state index in [2.05, 4.69) is 0 Å². The predicted octanol–water partition coefficient (Wildman–Crippen LogP) is 4.16. The number of carbonyl (C=O) groups excluding carboxylic acids is 1. The summed E-state index contributed by atoms with van der Waals surface area (Å²) in [6, 6.07) is 3.23. The maximum atomic E-state index is 13.0. The largest absolute Gasteiger partial charge is 0.487 e. The lowest BCUT2D eigenvalue weighted by Crippen LogP contribution is -2.41. The Labute approximate surface area is 133 Å². The zero-order valence-corrected chi connectivity index (χ0v) is 13.4. The molecular formula is C16H18BF3O3. The van der Waals surface area contributed by atoms with Crippen molar-refractivity contribution in [2.75, 3.05) is 0 Å². The monoisotopic (exact) mass is 326 g/mol. The molecule has 2 rings (SSSR count). The molecule has 1 aliphatic heterocycles. The molecule has 0 amide bonds. The van der Waals surface area contributed by atoms with E-state index in [1.165, 1.54) is 18.1 Å². The van der Waals surface area contributed by atoms with Crippen LogP contribution in [0.3, 0.4) is 0 Å². The second kappa shape index (κ2) is 5.80. The van der Waals surface area contributed by atoms with Crippen LogP contribution in [0.15, 0.2) is 24.2 Å². The highest BCUT2D eigenvalue weighted by Crippen LogP contribution is 2.37. The van der Waals surface area contributed by atoms with E-state index >= 15 is 0 Å². The van der Waals surface area contributed by atoms with Crippen LogP contribution < -0.4 is 0 Å². The summed E-state index contributed by atoms with van der Waals surface area (Å²) in [6.07, 6.45) is -2.72. The molecule has 1 aliphatic rings. The van der Waals surface area contributed by atoms with Gasteiger partial charge in [-0.1, -0.05) is 18.1 Å². The van der Waals surface area contributed by atoms with Crippen LogP contribution in [0.2, 0.25) is 0 Å². The van der Waals surface area contributed by atoms with Gasteiger partial charge in [0.15, 0.2) is 0 Å². The minimum Gasteiger partial charge on any atom is -0.400 e. The van der Waals surface area contributed by atoms with Gasteiger partial charge in [-0.15, -0.1) is 0 Å². The van der Waals surface area contributed by atoms with E-state index in [-0.39, 0.29) is 11.1 Å². The van der Waals surface area contributed by atoms with Crippen LogP contribution in [0.25, 0.3) is 6.08 Å². The van der Waals surface area contributed by atoms with Gasteiger partial charge in [0, 0.05) is 5.56 Å². The van der Waals surface area contributed by atoms with Crippen LogP contribution in [0.1, 0.15) is 49.2 Å². The van der Waals surface area contributed by atoms with Crippen LogP contribution in [0, 0.1) is 0 Å². The molecule has 0 saturated carbocycles. The first-order valence-corrected chi connectivity index (χ1v) is 7.16. The SMILES string of the molecule is CC1(C)OB(/C=C/c2cc(C=O)ccc2C(F)(F)F)OC1(C)C. The number of rotatable bonds is 3. The minimum atomic E-state index is -4.50. The zero-order chi connectivity index (χ0) is 17.5. The van der Waals surface area contributed by atoms with Gasteiger partial charge in [0.05, 0.1) is 16.8 Å².